The molecule has 2 amide bonds. The molecule has 2 aromatic rings. The van der Waals surface area contributed by atoms with Gasteiger partial charge in [-0.3, -0.25) is 14.4 Å². The summed E-state index contributed by atoms with van der Waals surface area (Å²) in [4.78, 5) is 34.7. The van der Waals surface area contributed by atoms with Crippen molar-refractivity contribution in [2.75, 3.05) is 6.54 Å². The van der Waals surface area contributed by atoms with E-state index in [1.54, 1.807) is 23.7 Å². The molecule has 0 aliphatic carbocycles. The number of hydrogen-bond donors (Lipinski definition) is 3. The van der Waals surface area contributed by atoms with Crippen molar-refractivity contribution in [3.8, 4) is 0 Å². The quantitative estimate of drug-likeness (QED) is 0.658. The number of carboxylic acid groups (broad SMARTS) is 1. The van der Waals surface area contributed by atoms with Crippen molar-refractivity contribution in [1.29, 1.82) is 0 Å². The number of hydrogen-bond acceptors (Lipinski definition) is 3. The summed E-state index contributed by atoms with van der Waals surface area (Å²) in [6, 6.07) is 5.01. The molecule has 0 saturated carbocycles. The van der Waals surface area contributed by atoms with Gasteiger partial charge in [0.25, 0.3) is 5.91 Å². The molecular formula is C17H20FN3O4. The van der Waals surface area contributed by atoms with E-state index in [0.717, 1.165) is 0 Å². The van der Waals surface area contributed by atoms with Crippen LogP contribution in [0.15, 0.2) is 24.3 Å². The van der Waals surface area contributed by atoms with Crippen LogP contribution in [0.25, 0.3) is 10.9 Å². The molecule has 1 aromatic carbocycles. The molecule has 1 aromatic heterocycles. The molecule has 3 N–H and O–H groups in total. The van der Waals surface area contributed by atoms with E-state index in [-0.39, 0.29) is 18.8 Å². The predicted octanol–water partition coefficient (Wildman–Crippen LogP) is 1.42. The van der Waals surface area contributed by atoms with E-state index in [1.165, 1.54) is 19.1 Å². The highest BCUT2D eigenvalue weighted by molar-refractivity contribution is 6.00. The van der Waals surface area contributed by atoms with Gasteiger partial charge in [0.15, 0.2) is 0 Å². The van der Waals surface area contributed by atoms with Crippen LogP contribution < -0.4 is 10.6 Å². The molecular weight excluding hydrogens is 329 g/mol. The van der Waals surface area contributed by atoms with E-state index in [1.807, 2.05) is 0 Å². The molecule has 0 radical (unpaired) electrons. The van der Waals surface area contributed by atoms with Gasteiger partial charge in [0.05, 0.1) is 0 Å². The molecule has 1 unspecified atom stereocenters. The number of benzene rings is 1. The number of fused-ring (bicyclic) bond motifs is 1. The van der Waals surface area contributed by atoms with Gasteiger partial charge in [-0.1, -0.05) is 0 Å². The molecule has 1 heterocycles. The minimum Gasteiger partial charge on any atom is -0.481 e. The summed E-state index contributed by atoms with van der Waals surface area (Å²) in [5, 5.41) is 14.3. The summed E-state index contributed by atoms with van der Waals surface area (Å²) < 4.78 is 14.9. The van der Waals surface area contributed by atoms with E-state index in [2.05, 4.69) is 10.6 Å². The Balaban J connectivity index is 1.98. The van der Waals surface area contributed by atoms with Gasteiger partial charge in [-0.15, -0.1) is 0 Å². The lowest BCUT2D eigenvalue weighted by molar-refractivity contribution is -0.137. The monoisotopic (exact) mass is 349 g/mol. The molecule has 8 heteroatoms. The zero-order chi connectivity index (χ0) is 18.6. The maximum Gasteiger partial charge on any atom is 0.303 e. The molecule has 0 fully saturated rings. The molecule has 7 nitrogen and oxygen atoms in total. The van der Waals surface area contributed by atoms with Crippen molar-refractivity contribution in [2.45, 2.75) is 25.8 Å². The molecule has 0 aliphatic heterocycles. The highest BCUT2D eigenvalue weighted by Gasteiger charge is 2.19. The Kier molecular flexibility index (Phi) is 5.74. The second kappa shape index (κ2) is 7.78. The summed E-state index contributed by atoms with van der Waals surface area (Å²) in [7, 11) is 1.69. The minimum absolute atomic E-state index is 0.0342. The summed E-state index contributed by atoms with van der Waals surface area (Å²) in [5.74, 6) is -2.17. The summed E-state index contributed by atoms with van der Waals surface area (Å²) in [6.45, 7) is 1.76. The topological polar surface area (TPSA) is 100 Å². The average molecular weight is 349 g/mol. The van der Waals surface area contributed by atoms with Crippen LogP contribution in [0.4, 0.5) is 4.39 Å². The van der Waals surface area contributed by atoms with Crippen molar-refractivity contribution in [3.05, 3.63) is 35.8 Å². The van der Waals surface area contributed by atoms with Crippen molar-refractivity contribution < 1.29 is 23.9 Å². The van der Waals surface area contributed by atoms with Crippen LogP contribution in [-0.2, 0) is 16.6 Å². The van der Waals surface area contributed by atoms with Gasteiger partial charge in [-0.2, -0.15) is 0 Å². The number of amides is 2. The van der Waals surface area contributed by atoms with Gasteiger partial charge in [-0.05, 0) is 37.6 Å². The van der Waals surface area contributed by atoms with E-state index in [4.69, 9.17) is 5.11 Å². The SMILES string of the molecule is CC(NC(=O)c1cc2cc(F)ccc2n1C)C(=O)NCCCC(=O)O. The Morgan fingerprint density at radius 2 is 2.00 bits per heavy atom. The van der Waals surface area contributed by atoms with Gasteiger partial charge in [0, 0.05) is 30.9 Å². The molecule has 2 rings (SSSR count). The molecule has 1 atom stereocenters. The summed E-state index contributed by atoms with van der Waals surface area (Å²) in [5.41, 5.74) is 1.02. The van der Waals surface area contributed by atoms with Crippen LogP contribution in [0.1, 0.15) is 30.3 Å². The van der Waals surface area contributed by atoms with Crippen LogP contribution >= 0.6 is 0 Å². The number of nitrogens with zero attached hydrogens (tertiary/aromatic N) is 1. The highest BCUT2D eigenvalue weighted by atomic mass is 19.1. The Morgan fingerprint density at radius 1 is 1.28 bits per heavy atom. The number of aryl methyl sites for hydroxylation is 1. The van der Waals surface area contributed by atoms with Gasteiger partial charge in [0.2, 0.25) is 5.91 Å². The predicted molar refractivity (Wildman–Crippen MR) is 89.7 cm³/mol. The van der Waals surface area contributed by atoms with Gasteiger partial charge < -0.3 is 20.3 Å². The molecule has 0 spiro atoms. The van der Waals surface area contributed by atoms with Crippen LogP contribution in [0.2, 0.25) is 0 Å². The number of carbonyl (C=O) groups is 3. The molecule has 0 saturated heterocycles. The molecule has 134 valence electrons. The van der Waals surface area contributed by atoms with Crippen molar-refractivity contribution in [1.82, 2.24) is 15.2 Å². The second-order valence-electron chi connectivity index (χ2n) is 5.78. The molecule has 0 aliphatic rings. The first-order valence-corrected chi connectivity index (χ1v) is 7.85. The van der Waals surface area contributed by atoms with Gasteiger partial charge >= 0.3 is 5.97 Å². The zero-order valence-corrected chi connectivity index (χ0v) is 14.0. The maximum atomic E-state index is 13.3. The summed E-state index contributed by atoms with van der Waals surface area (Å²) >= 11 is 0. The van der Waals surface area contributed by atoms with E-state index in [0.29, 0.717) is 23.0 Å². The average Bonchev–Trinajstić information content (AvgIpc) is 2.87. The number of aromatic nitrogens is 1. The first-order valence-electron chi connectivity index (χ1n) is 7.85. The fraction of sp³-hybridized carbons (Fsp3) is 0.353. The minimum atomic E-state index is -0.928. The Bertz CT molecular complexity index is 816. The number of halogens is 1. The van der Waals surface area contributed by atoms with Gasteiger partial charge in [-0.25, -0.2) is 4.39 Å². The number of nitrogens with one attached hydrogen (secondary N) is 2. The number of aliphatic carboxylic acids is 1. The number of rotatable bonds is 7. The number of carbonyl (C=O) groups excluding carboxylic acids is 2. The standard InChI is InChI=1S/C17H20FN3O4/c1-10(16(24)19-7-3-4-15(22)23)20-17(25)14-9-11-8-12(18)5-6-13(11)21(14)2/h5-6,8-10H,3-4,7H2,1-2H3,(H,19,24)(H,20,25)(H,22,23). The highest BCUT2D eigenvalue weighted by Crippen LogP contribution is 2.19. The third-order valence-electron chi connectivity index (χ3n) is 3.84. The Labute approximate surface area is 143 Å². The van der Waals surface area contributed by atoms with E-state index in [9.17, 15) is 18.8 Å². The van der Waals surface area contributed by atoms with Crippen molar-refractivity contribution in [2.24, 2.45) is 7.05 Å². The van der Waals surface area contributed by atoms with Crippen LogP contribution in [0.3, 0.4) is 0 Å². The Morgan fingerprint density at radius 3 is 2.68 bits per heavy atom. The van der Waals surface area contributed by atoms with E-state index < -0.39 is 23.8 Å². The summed E-state index contributed by atoms with van der Waals surface area (Å²) in [6.07, 6.45) is 0.282. The normalized spacial score (nSPS) is 12.0. The molecule has 25 heavy (non-hydrogen) atoms. The lowest BCUT2D eigenvalue weighted by Gasteiger charge is -2.14. The third-order valence-corrected chi connectivity index (χ3v) is 3.84. The lowest BCUT2D eigenvalue weighted by Crippen LogP contribution is -2.45. The third kappa shape index (κ3) is 4.56. The van der Waals surface area contributed by atoms with E-state index >= 15 is 0 Å². The smallest absolute Gasteiger partial charge is 0.303 e. The van der Waals surface area contributed by atoms with Crippen LogP contribution in [0.5, 0.6) is 0 Å². The van der Waals surface area contributed by atoms with Crippen LogP contribution in [-0.4, -0.2) is 40.0 Å². The fourth-order valence-corrected chi connectivity index (χ4v) is 2.48. The number of carboxylic acids is 1. The first kappa shape index (κ1) is 18.4. The van der Waals surface area contributed by atoms with Crippen molar-refractivity contribution >= 4 is 28.7 Å². The fourth-order valence-electron chi connectivity index (χ4n) is 2.48. The molecule has 0 bridgehead atoms. The maximum absolute atomic E-state index is 13.3. The second-order valence-corrected chi connectivity index (χ2v) is 5.78. The van der Waals surface area contributed by atoms with Crippen LogP contribution in [0, 0.1) is 5.82 Å². The lowest BCUT2D eigenvalue weighted by atomic mass is 10.2. The first-order chi connectivity index (χ1) is 11.8. The van der Waals surface area contributed by atoms with Crippen molar-refractivity contribution in [3.63, 3.8) is 0 Å². The van der Waals surface area contributed by atoms with Gasteiger partial charge in [0.1, 0.15) is 17.6 Å². The zero-order valence-electron chi connectivity index (χ0n) is 14.0. The Hall–Kier alpha value is -2.90. The largest absolute Gasteiger partial charge is 0.481 e.